The van der Waals surface area contributed by atoms with Gasteiger partial charge in [-0.1, -0.05) is 0 Å². The molecule has 1 aromatic rings. The van der Waals surface area contributed by atoms with Gasteiger partial charge in [-0.15, -0.1) is 0 Å². The average molecular weight is 406 g/mol. The smallest absolute Gasteiger partial charge is 0.414 e. The van der Waals surface area contributed by atoms with Crippen LogP contribution < -0.4 is 9.80 Å². The molecule has 8 nitrogen and oxygen atoms in total. The number of cyclic esters (lactones) is 1. The van der Waals surface area contributed by atoms with Gasteiger partial charge >= 0.3 is 6.09 Å². The molecule has 27 heavy (non-hydrogen) atoms. The summed E-state index contributed by atoms with van der Waals surface area (Å²) in [7, 11) is -3.69. The van der Waals surface area contributed by atoms with Crippen LogP contribution in [0.25, 0.3) is 0 Å². The predicted octanol–water partition coefficient (Wildman–Crippen LogP) is 1.49. The van der Waals surface area contributed by atoms with E-state index in [1.54, 1.807) is 4.90 Å². The Hall–Kier alpha value is -1.98. The number of benzene rings is 1. The molecule has 0 aliphatic carbocycles. The van der Waals surface area contributed by atoms with Gasteiger partial charge in [-0.3, -0.25) is 9.08 Å². The van der Waals surface area contributed by atoms with Gasteiger partial charge in [0.25, 0.3) is 10.1 Å². The van der Waals surface area contributed by atoms with Crippen molar-refractivity contribution in [2.45, 2.75) is 12.5 Å². The number of nitrogens with zero attached hydrogens (tertiary/aromatic N) is 2. The molecule has 2 aliphatic rings. The summed E-state index contributed by atoms with van der Waals surface area (Å²) in [6, 6.07) is 2.12. The van der Waals surface area contributed by atoms with Crippen molar-refractivity contribution >= 4 is 27.6 Å². The molecule has 1 amide bonds. The standard InChI is InChI=1S/C16H20F2N2O6S/c1-27(22,23)25-10-12-9-20(16(21)26-12)11-7-13(17)15(14(18)8-11)19-3-2-5-24-6-4-19/h7-8,12H,2-6,9-10H2,1H3. The second kappa shape index (κ2) is 7.95. The number of rotatable bonds is 5. The zero-order valence-corrected chi connectivity index (χ0v) is 15.5. The minimum Gasteiger partial charge on any atom is -0.441 e. The Morgan fingerprint density at radius 2 is 1.93 bits per heavy atom. The summed E-state index contributed by atoms with van der Waals surface area (Å²) >= 11 is 0. The third-order valence-electron chi connectivity index (χ3n) is 4.19. The molecule has 150 valence electrons. The van der Waals surface area contributed by atoms with Crippen LogP contribution in [-0.4, -0.2) is 66.3 Å². The molecular formula is C16H20F2N2O6S. The molecule has 0 spiro atoms. The summed E-state index contributed by atoms with van der Waals surface area (Å²) in [5, 5.41) is 0. The van der Waals surface area contributed by atoms with E-state index in [0.29, 0.717) is 32.7 Å². The van der Waals surface area contributed by atoms with Crippen LogP contribution in [0.4, 0.5) is 25.0 Å². The van der Waals surface area contributed by atoms with E-state index in [-0.39, 0.29) is 24.5 Å². The van der Waals surface area contributed by atoms with Gasteiger partial charge in [0.1, 0.15) is 18.4 Å². The predicted molar refractivity (Wildman–Crippen MR) is 92.4 cm³/mol. The summed E-state index contributed by atoms with van der Waals surface area (Å²) in [6.45, 7) is 1.30. The van der Waals surface area contributed by atoms with Crippen molar-refractivity contribution in [2.75, 3.05) is 55.5 Å². The molecule has 1 aromatic carbocycles. The fraction of sp³-hybridized carbons (Fsp3) is 0.562. The Morgan fingerprint density at radius 3 is 2.59 bits per heavy atom. The molecule has 0 radical (unpaired) electrons. The molecule has 11 heteroatoms. The second-order valence-electron chi connectivity index (χ2n) is 6.32. The normalized spacial score (nSPS) is 21.3. The third-order valence-corrected chi connectivity index (χ3v) is 4.76. The maximum absolute atomic E-state index is 14.6. The molecule has 0 N–H and O–H groups in total. The molecule has 1 atom stereocenters. The number of halogens is 2. The lowest BCUT2D eigenvalue weighted by atomic mass is 10.2. The van der Waals surface area contributed by atoms with Gasteiger partial charge < -0.3 is 14.4 Å². The van der Waals surface area contributed by atoms with E-state index in [1.807, 2.05) is 0 Å². The monoisotopic (exact) mass is 406 g/mol. The van der Waals surface area contributed by atoms with E-state index >= 15 is 0 Å². The molecule has 3 rings (SSSR count). The first-order valence-corrected chi connectivity index (χ1v) is 10.2. The molecule has 2 aliphatic heterocycles. The van der Waals surface area contributed by atoms with Crippen LogP contribution in [0.5, 0.6) is 0 Å². The number of hydrogen-bond acceptors (Lipinski definition) is 7. The Labute approximate surface area is 155 Å². The number of carbonyl (C=O) groups excluding carboxylic acids is 1. The molecule has 2 saturated heterocycles. The number of hydrogen-bond donors (Lipinski definition) is 0. The van der Waals surface area contributed by atoms with E-state index in [0.717, 1.165) is 23.3 Å². The summed E-state index contributed by atoms with van der Waals surface area (Å²) < 4.78 is 66.2. The van der Waals surface area contributed by atoms with Crippen LogP contribution in [-0.2, 0) is 23.8 Å². The lowest BCUT2D eigenvalue weighted by Crippen LogP contribution is -2.29. The Kier molecular flexibility index (Phi) is 5.82. The highest BCUT2D eigenvalue weighted by Crippen LogP contribution is 2.31. The lowest BCUT2D eigenvalue weighted by Gasteiger charge is -2.24. The van der Waals surface area contributed by atoms with Crippen molar-refractivity contribution in [3.63, 3.8) is 0 Å². The van der Waals surface area contributed by atoms with Gasteiger partial charge in [0.2, 0.25) is 0 Å². The first kappa shape index (κ1) is 19.8. The van der Waals surface area contributed by atoms with E-state index in [4.69, 9.17) is 9.47 Å². The highest BCUT2D eigenvalue weighted by atomic mass is 32.2. The van der Waals surface area contributed by atoms with Crippen LogP contribution in [0, 0.1) is 11.6 Å². The van der Waals surface area contributed by atoms with E-state index in [1.165, 1.54) is 0 Å². The topological polar surface area (TPSA) is 85.4 Å². The van der Waals surface area contributed by atoms with Crippen LogP contribution in [0.1, 0.15) is 6.42 Å². The van der Waals surface area contributed by atoms with E-state index < -0.39 is 33.9 Å². The van der Waals surface area contributed by atoms with Crippen molar-refractivity contribution in [2.24, 2.45) is 0 Å². The van der Waals surface area contributed by atoms with Gasteiger partial charge in [0, 0.05) is 31.8 Å². The van der Waals surface area contributed by atoms with E-state index in [2.05, 4.69) is 4.18 Å². The zero-order valence-electron chi connectivity index (χ0n) is 14.7. The minimum absolute atomic E-state index is 0.00771. The van der Waals surface area contributed by atoms with Crippen molar-refractivity contribution < 1.29 is 35.6 Å². The third kappa shape index (κ3) is 4.85. The Morgan fingerprint density at radius 1 is 1.22 bits per heavy atom. The van der Waals surface area contributed by atoms with Crippen molar-refractivity contribution in [1.29, 1.82) is 0 Å². The maximum Gasteiger partial charge on any atom is 0.414 e. The second-order valence-corrected chi connectivity index (χ2v) is 7.96. The number of ether oxygens (including phenoxy) is 2. The summed E-state index contributed by atoms with van der Waals surface area (Å²) in [6.07, 6.45) is -0.160. The fourth-order valence-corrected chi connectivity index (χ4v) is 3.40. The van der Waals surface area contributed by atoms with Crippen LogP contribution in [0.3, 0.4) is 0 Å². The summed E-state index contributed by atoms with van der Waals surface area (Å²) in [5.41, 5.74) is -0.166. The Bertz CT molecular complexity index is 788. The molecular weight excluding hydrogens is 386 g/mol. The lowest BCUT2D eigenvalue weighted by molar-refractivity contribution is 0.107. The van der Waals surface area contributed by atoms with Crippen molar-refractivity contribution in [3.05, 3.63) is 23.8 Å². The largest absolute Gasteiger partial charge is 0.441 e. The van der Waals surface area contributed by atoms with Crippen LogP contribution in [0.2, 0.25) is 0 Å². The van der Waals surface area contributed by atoms with Gasteiger partial charge in [0.15, 0.2) is 11.6 Å². The average Bonchev–Trinajstić information content (AvgIpc) is 2.77. The number of anilines is 2. The zero-order chi connectivity index (χ0) is 19.6. The minimum atomic E-state index is -3.69. The van der Waals surface area contributed by atoms with Crippen molar-refractivity contribution in [3.8, 4) is 0 Å². The first-order valence-electron chi connectivity index (χ1n) is 8.39. The Balaban J connectivity index is 1.76. The molecule has 2 heterocycles. The van der Waals surface area contributed by atoms with Gasteiger partial charge in [-0.25, -0.2) is 13.6 Å². The van der Waals surface area contributed by atoms with Crippen LogP contribution >= 0.6 is 0 Å². The van der Waals surface area contributed by atoms with Gasteiger partial charge in [-0.2, -0.15) is 8.42 Å². The number of carbonyl (C=O) groups is 1. The van der Waals surface area contributed by atoms with Crippen molar-refractivity contribution in [1.82, 2.24) is 0 Å². The fourth-order valence-electron chi connectivity index (χ4n) is 3.00. The van der Waals surface area contributed by atoms with E-state index in [9.17, 15) is 22.0 Å². The highest BCUT2D eigenvalue weighted by Gasteiger charge is 2.34. The molecule has 2 fully saturated rings. The first-order chi connectivity index (χ1) is 12.7. The molecule has 0 bridgehead atoms. The van der Waals surface area contributed by atoms with Crippen LogP contribution in [0.15, 0.2) is 12.1 Å². The highest BCUT2D eigenvalue weighted by molar-refractivity contribution is 7.85. The van der Waals surface area contributed by atoms with Gasteiger partial charge in [0.05, 0.1) is 25.1 Å². The van der Waals surface area contributed by atoms with Gasteiger partial charge in [-0.05, 0) is 6.42 Å². The molecule has 1 unspecified atom stereocenters. The maximum atomic E-state index is 14.6. The number of amides is 1. The SMILES string of the molecule is CS(=O)(=O)OCC1CN(c2cc(F)c(N3CCCOCC3)c(F)c2)C(=O)O1. The molecule has 0 saturated carbocycles. The molecule has 0 aromatic heterocycles. The quantitative estimate of drug-likeness (QED) is 0.685. The summed E-state index contributed by atoms with van der Waals surface area (Å²) in [5.74, 6) is -1.59. The summed E-state index contributed by atoms with van der Waals surface area (Å²) in [4.78, 5) is 14.6.